The first-order valence-corrected chi connectivity index (χ1v) is 3.12. The molecule has 0 unspecified atom stereocenters. The number of hydrogen-bond acceptors (Lipinski definition) is 1. The Balaban J connectivity index is 4.68. The predicted molar refractivity (Wildman–Crippen MR) is 33.4 cm³/mol. The SMILES string of the molecule is O=C(S)NC(C(F)(F)F)C(F)(F)F. The fourth-order valence-corrected chi connectivity index (χ4v) is 0.602. The van der Waals surface area contributed by atoms with E-state index in [2.05, 4.69) is 12.6 Å². The van der Waals surface area contributed by atoms with Crippen molar-refractivity contribution < 1.29 is 31.1 Å². The van der Waals surface area contributed by atoms with E-state index in [9.17, 15) is 31.1 Å². The van der Waals surface area contributed by atoms with Crippen LogP contribution in [0.4, 0.5) is 31.1 Å². The van der Waals surface area contributed by atoms with Crippen LogP contribution in [0.5, 0.6) is 0 Å². The number of carbonyl (C=O) groups excluding carboxylic acids is 1. The third-order valence-corrected chi connectivity index (χ3v) is 1.05. The molecule has 0 aliphatic heterocycles. The Morgan fingerprint density at radius 1 is 1.08 bits per heavy atom. The molecule has 0 aliphatic rings. The van der Waals surface area contributed by atoms with Gasteiger partial charge in [-0.25, -0.2) is 0 Å². The number of rotatable bonds is 1. The van der Waals surface area contributed by atoms with E-state index in [4.69, 9.17) is 0 Å². The minimum absolute atomic E-state index is 0.635. The first-order chi connectivity index (χ1) is 5.55. The third-order valence-electron chi connectivity index (χ3n) is 0.922. The Hall–Kier alpha value is -0.600. The number of halogens is 6. The van der Waals surface area contributed by atoms with Gasteiger partial charge < -0.3 is 5.32 Å². The summed E-state index contributed by atoms with van der Waals surface area (Å²) in [6, 6.07) is -3.87. The van der Waals surface area contributed by atoms with Crippen molar-refractivity contribution >= 4 is 17.9 Å². The van der Waals surface area contributed by atoms with Crippen LogP contribution in [0.25, 0.3) is 0 Å². The van der Waals surface area contributed by atoms with Gasteiger partial charge in [0, 0.05) is 0 Å². The molecule has 0 rings (SSSR count). The van der Waals surface area contributed by atoms with Crippen LogP contribution in [0.1, 0.15) is 0 Å². The van der Waals surface area contributed by atoms with E-state index in [1.165, 1.54) is 0 Å². The molecular formula is C4H3F6NOS. The molecule has 0 atom stereocenters. The second-order valence-electron chi connectivity index (χ2n) is 1.97. The van der Waals surface area contributed by atoms with Gasteiger partial charge in [0.25, 0.3) is 5.24 Å². The smallest absolute Gasteiger partial charge is 0.328 e. The molecule has 0 aromatic rings. The van der Waals surface area contributed by atoms with Crippen molar-refractivity contribution in [2.45, 2.75) is 18.4 Å². The third kappa shape index (κ3) is 4.25. The lowest BCUT2D eigenvalue weighted by molar-refractivity contribution is -0.254. The Morgan fingerprint density at radius 3 is 1.46 bits per heavy atom. The van der Waals surface area contributed by atoms with Gasteiger partial charge in [0.15, 0.2) is 0 Å². The quantitative estimate of drug-likeness (QED) is 0.521. The molecule has 0 aromatic carbocycles. The van der Waals surface area contributed by atoms with Gasteiger partial charge in [-0.1, -0.05) is 12.6 Å². The topological polar surface area (TPSA) is 29.1 Å². The van der Waals surface area contributed by atoms with Crippen LogP contribution in [0.3, 0.4) is 0 Å². The highest BCUT2D eigenvalue weighted by molar-refractivity contribution is 7.96. The summed E-state index contributed by atoms with van der Waals surface area (Å²) < 4.78 is 69.6. The van der Waals surface area contributed by atoms with Crippen LogP contribution in [0.15, 0.2) is 0 Å². The molecule has 0 saturated carbocycles. The highest BCUT2D eigenvalue weighted by Crippen LogP contribution is 2.33. The number of alkyl halides is 6. The van der Waals surface area contributed by atoms with Crippen LogP contribution in [-0.2, 0) is 0 Å². The maximum atomic E-state index is 11.6. The zero-order valence-corrected chi connectivity index (χ0v) is 6.60. The maximum Gasteiger partial charge on any atom is 0.417 e. The van der Waals surface area contributed by atoms with Gasteiger partial charge in [-0.05, 0) is 0 Å². The molecule has 78 valence electrons. The first-order valence-electron chi connectivity index (χ1n) is 2.68. The molecule has 0 aromatic heterocycles. The van der Waals surface area contributed by atoms with Crippen molar-refractivity contribution in [2.24, 2.45) is 0 Å². The molecule has 0 aliphatic carbocycles. The fraction of sp³-hybridized carbons (Fsp3) is 0.750. The molecule has 1 amide bonds. The summed E-state index contributed by atoms with van der Waals surface area (Å²) in [5.74, 6) is 0. The van der Waals surface area contributed by atoms with Crippen LogP contribution in [0, 0.1) is 0 Å². The number of hydrogen-bond donors (Lipinski definition) is 2. The van der Waals surface area contributed by atoms with Gasteiger partial charge in [-0.3, -0.25) is 4.79 Å². The molecule has 0 heterocycles. The largest absolute Gasteiger partial charge is 0.417 e. The van der Waals surface area contributed by atoms with Crippen molar-refractivity contribution in [1.29, 1.82) is 0 Å². The first kappa shape index (κ1) is 12.4. The lowest BCUT2D eigenvalue weighted by atomic mass is 10.3. The van der Waals surface area contributed by atoms with Crippen molar-refractivity contribution in [1.82, 2.24) is 5.32 Å². The standard InChI is InChI=1S/C4H3F6NOS/c5-3(6,7)1(4(8,9)10)11-2(12)13/h1H,(H2,11,12,13). The Kier molecular flexibility index (Phi) is 3.47. The molecule has 13 heavy (non-hydrogen) atoms. The van der Waals surface area contributed by atoms with Crippen LogP contribution >= 0.6 is 12.6 Å². The Bertz CT molecular complexity index is 184. The number of carbonyl (C=O) groups is 1. The van der Waals surface area contributed by atoms with E-state index >= 15 is 0 Å². The number of thiol groups is 1. The van der Waals surface area contributed by atoms with Gasteiger partial charge >= 0.3 is 12.4 Å². The zero-order chi connectivity index (χ0) is 10.9. The molecule has 9 heteroatoms. The van der Waals surface area contributed by atoms with Crippen LogP contribution in [-0.4, -0.2) is 23.6 Å². The molecule has 0 radical (unpaired) electrons. The number of nitrogens with one attached hydrogen (secondary N) is 1. The molecule has 0 spiro atoms. The molecular weight excluding hydrogens is 224 g/mol. The van der Waals surface area contributed by atoms with E-state index in [1.807, 2.05) is 0 Å². The van der Waals surface area contributed by atoms with Crippen molar-refractivity contribution in [3.8, 4) is 0 Å². The summed E-state index contributed by atoms with van der Waals surface area (Å²) >= 11 is 2.75. The molecule has 2 nitrogen and oxygen atoms in total. The summed E-state index contributed by atoms with van der Waals surface area (Å²) in [4.78, 5) is 9.90. The van der Waals surface area contributed by atoms with E-state index < -0.39 is 23.6 Å². The zero-order valence-electron chi connectivity index (χ0n) is 5.70. The monoisotopic (exact) mass is 227 g/mol. The number of amides is 1. The van der Waals surface area contributed by atoms with Gasteiger partial charge in [-0.2, -0.15) is 26.3 Å². The lowest BCUT2D eigenvalue weighted by Crippen LogP contribution is -2.53. The molecule has 0 saturated heterocycles. The summed E-state index contributed by atoms with van der Waals surface area (Å²) in [6.45, 7) is 0. The molecule has 1 N–H and O–H groups in total. The summed E-state index contributed by atoms with van der Waals surface area (Å²) in [7, 11) is 0. The van der Waals surface area contributed by atoms with E-state index in [0.29, 0.717) is 5.32 Å². The summed E-state index contributed by atoms with van der Waals surface area (Å²) in [5, 5.41) is -1.06. The van der Waals surface area contributed by atoms with Gasteiger partial charge in [-0.15, -0.1) is 0 Å². The van der Waals surface area contributed by atoms with Gasteiger partial charge in [0.2, 0.25) is 6.04 Å². The maximum absolute atomic E-state index is 11.6. The lowest BCUT2D eigenvalue weighted by Gasteiger charge is -2.22. The highest BCUT2D eigenvalue weighted by atomic mass is 32.1. The Labute approximate surface area is 73.7 Å². The highest BCUT2D eigenvalue weighted by Gasteiger charge is 2.57. The Morgan fingerprint density at radius 2 is 1.38 bits per heavy atom. The van der Waals surface area contributed by atoms with Crippen LogP contribution in [0.2, 0.25) is 0 Å². The van der Waals surface area contributed by atoms with E-state index in [1.54, 1.807) is 0 Å². The second kappa shape index (κ2) is 3.64. The summed E-state index contributed by atoms with van der Waals surface area (Å²) in [6.07, 6.45) is -11.1. The average Bonchev–Trinajstić information content (AvgIpc) is 1.77. The van der Waals surface area contributed by atoms with Gasteiger partial charge in [0.1, 0.15) is 0 Å². The predicted octanol–water partition coefficient (Wildman–Crippen LogP) is 2.12. The molecule has 0 bridgehead atoms. The molecule has 0 fully saturated rings. The normalized spacial score (nSPS) is 13.2. The van der Waals surface area contributed by atoms with Crippen molar-refractivity contribution in [3.05, 3.63) is 0 Å². The summed E-state index contributed by atoms with van der Waals surface area (Å²) in [5.41, 5.74) is 0. The van der Waals surface area contributed by atoms with Crippen molar-refractivity contribution in [3.63, 3.8) is 0 Å². The van der Waals surface area contributed by atoms with E-state index in [-0.39, 0.29) is 0 Å². The minimum atomic E-state index is -5.57. The second-order valence-corrected chi connectivity index (χ2v) is 2.37. The van der Waals surface area contributed by atoms with Crippen molar-refractivity contribution in [2.75, 3.05) is 0 Å². The van der Waals surface area contributed by atoms with Crippen LogP contribution < -0.4 is 5.32 Å². The van der Waals surface area contributed by atoms with Gasteiger partial charge in [0.05, 0.1) is 0 Å². The van der Waals surface area contributed by atoms with E-state index in [0.717, 1.165) is 0 Å². The minimum Gasteiger partial charge on any atom is -0.328 e. The average molecular weight is 227 g/mol. The fourth-order valence-electron chi connectivity index (χ4n) is 0.473.